The quantitative estimate of drug-likeness (QED) is 0.581. The molecule has 0 saturated carbocycles. The Morgan fingerprint density at radius 3 is 2.19 bits per heavy atom. The summed E-state index contributed by atoms with van der Waals surface area (Å²) in [5, 5.41) is 5.18. The highest BCUT2D eigenvalue weighted by Gasteiger charge is 2.30. The maximum Gasteiger partial charge on any atom is 0.416 e. The Labute approximate surface area is 151 Å². The lowest BCUT2D eigenvalue weighted by molar-refractivity contribution is -0.137. The van der Waals surface area contributed by atoms with Gasteiger partial charge in [0, 0.05) is 17.4 Å². The molecular formula is C18H13F5N4. The molecule has 0 radical (unpaired) electrons. The number of rotatable bonds is 4. The molecule has 9 heteroatoms. The molecule has 0 spiro atoms. The first-order chi connectivity index (χ1) is 12.7. The van der Waals surface area contributed by atoms with E-state index < -0.39 is 29.1 Å². The summed E-state index contributed by atoms with van der Waals surface area (Å²) < 4.78 is 66.0. The van der Waals surface area contributed by atoms with E-state index in [1.165, 1.54) is 24.3 Å². The molecule has 1 heterocycles. The van der Waals surface area contributed by atoms with Crippen molar-refractivity contribution in [2.45, 2.75) is 13.1 Å². The molecule has 0 saturated heterocycles. The molecule has 3 rings (SSSR count). The van der Waals surface area contributed by atoms with Gasteiger partial charge in [0.2, 0.25) is 5.95 Å². The van der Waals surface area contributed by atoms with Crippen molar-refractivity contribution in [2.24, 2.45) is 0 Å². The molecule has 1 aromatic heterocycles. The molecule has 0 bridgehead atoms. The number of halogens is 5. The maximum absolute atomic E-state index is 13.8. The fourth-order valence-corrected chi connectivity index (χ4v) is 2.34. The topological polar surface area (TPSA) is 49.8 Å². The van der Waals surface area contributed by atoms with Crippen LogP contribution < -0.4 is 10.6 Å². The highest BCUT2D eigenvalue weighted by molar-refractivity contribution is 5.61. The summed E-state index contributed by atoms with van der Waals surface area (Å²) in [5.41, 5.74) is -0.636. The van der Waals surface area contributed by atoms with Crippen LogP contribution in [0.25, 0.3) is 0 Å². The Morgan fingerprint density at radius 1 is 0.852 bits per heavy atom. The van der Waals surface area contributed by atoms with Gasteiger partial charge in [-0.1, -0.05) is 12.1 Å². The van der Waals surface area contributed by atoms with Gasteiger partial charge in [-0.2, -0.15) is 18.2 Å². The number of aromatic nitrogens is 2. The van der Waals surface area contributed by atoms with Crippen LogP contribution in [0.5, 0.6) is 0 Å². The molecule has 0 aliphatic rings. The third-order valence-corrected chi connectivity index (χ3v) is 3.52. The molecule has 140 valence electrons. The van der Waals surface area contributed by atoms with Crippen LogP contribution in [-0.4, -0.2) is 9.97 Å². The van der Waals surface area contributed by atoms with E-state index in [4.69, 9.17) is 0 Å². The van der Waals surface area contributed by atoms with Gasteiger partial charge in [-0.15, -0.1) is 0 Å². The molecule has 3 aromatic rings. The van der Waals surface area contributed by atoms with Gasteiger partial charge in [0.25, 0.3) is 0 Å². The van der Waals surface area contributed by atoms with Gasteiger partial charge >= 0.3 is 6.18 Å². The van der Waals surface area contributed by atoms with Gasteiger partial charge in [0.15, 0.2) is 0 Å². The average Bonchev–Trinajstić information content (AvgIpc) is 2.57. The molecular weight excluding hydrogens is 367 g/mol. The Hall–Kier alpha value is -3.23. The van der Waals surface area contributed by atoms with Gasteiger partial charge in [-0.25, -0.2) is 13.8 Å². The minimum absolute atomic E-state index is 0.103. The highest BCUT2D eigenvalue weighted by Crippen LogP contribution is 2.31. The average molecular weight is 380 g/mol. The number of alkyl halides is 3. The lowest BCUT2D eigenvalue weighted by Gasteiger charge is -2.12. The minimum atomic E-state index is -4.48. The molecule has 4 nitrogen and oxygen atoms in total. The predicted octanol–water partition coefficient (Wildman–Crippen LogP) is 5.57. The Morgan fingerprint density at radius 2 is 1.52 bits per heavy atom. The largest absolute Gasteiger partial charge is 0.416 e. The van der Waals surface area contributed by atoms with E-state index in [0.29, 0.717) is 5.69 Å². The van der Waals surface area contributed by atoms with Crippen molar-refractivity contribution in [3.8, 4) is 0 Å². The molecule has 0 unspecified atom stereocenters. The Bertz CT molecular complexity index is 952. The van der Waals surface area contributed by atoms with Crippen LogP contribution in [0.4, 0.5) is 45.1 Å². The van der Waals surface area contributed by atoms with Crippen molar-refractivity contribution in [3.63, 3.8) is 0 Å². The Kier molecular flexibility index (Phi) is 4.93. The van der Waals surface area contributed by atoms with Crippen LogP contribution in [0.1, 0.15) is 11.3 Å². The molecule has 0 aliphatic carbocycles. The van der Waals surface area contributed by atoms with Crippen molar-refractivity contribution >= 4 is 23.1 Å². The zero-order chi connectivity index (χ0) is 19.6. The normalized spacial score (nSPS) is 11.3. The summed E-state index contributed by atoms with van der Waals surface area (Å²) in [6.07, 6.45) is -4.48. The predicted molar refractivity (Wildman–Crippen MR) is 91.1 cm³/mol. The standard InChI is InChI=1S/C18H13F5N4/c1-10-8-15(25-12-5-2-4-11(9-12)18(21,22)23)26-17(24-10)27-16-13(19)6-3-7-14(16)20/h2-9H,1H3,(H2,24,25,26,27). The number of benzene rings is 2. The van der Waals surface area contributed by atoms with Crippen molar-refractivity contribution in [3.05, 3.63) is 71.4 Å². The monoisotopic (exact) mass is 380 g/mol. The minimum Gasteiger partial charge on any atom is -0.340 e. The number of hydrogen-bond donors (Lipinski definition) is 2. The highest BCUT2D eigenvalue weighted by atomic mass is 19.4. The first kappa shape index (κ1) is 18.6. The van der Waals surface area contributed by atoms with E-state index in [0.717, 1.165) is 24.3 Å². The number of hydrogen-bond acceptors (Lipinski definition) is 4. The Balaban J connectivity index is 1.88. The summed E-state index contributed by atoms with van der Waals surface area (Å²) in [6.45, 7) is 1.61. The van der Waals surface area contributed by atoms with Crippen LogP contribution in [0.15, 0.2) is 48.5 Å². The number of para-hydroxylation sites is 1. The summed E-state index contributed by atoms with van der Waals surface area (Å²) in [4.78, 5) is 8.08. The molecule has 0 aliphatic heterocycles. The summed E-state index contributed by atoms with van der Waals surface area (Å²) >= 11 is 0. The van der Waals surface area contributed by atoms with Crippen LogP contribution >= 0.6 is 0 Å². The maximum atomic E-state index is 13.8. The van der Waals surface area contributed by atoms with Crippen LogP contribution in [-0.2, 0) is 6.18 Å². The summed E-state index contributed by atoms with van der Waals surface area (Å²) in [7, 11) is 0. The van der Waals surface area contributed by atoms with E-state index >= 15 is 0 Å². The van der Waals surface area contributed by atoms with Gasteiger partial charge in [0.1, 0.15) is 23.1 Å². The van der Waals surface area contributed by atoms with Crippen molar-refractivity contribution in [1.29, 1.82) is 0 Å². The summed E-state index contributed by atoms with van der Waals surface area (Å²) in [6, 6.07) is 9.43. The SMILES string of the molecule is Cc1cc(Nc2cccc(C(F)(F)F)c2)nc(Nc2c(F)cccc2F)n1. The second-order valence-corrected chi connectivity index (χ2v) is 5.64. The molecule has 0 amide bonds. The third kappa shape index (κ3) is 4.49. The van der Waals surface area contributed by atoms with E-state index in [9.17, 15) is 22.0 Å². The number of aryl methyl sites for hydroxylation is 1. The van der Waals surface area contributed by atoms with Crippen molar-refractivity contribution < 1.29 is 22.0 Å². The van der Waals surface area contributed by atoms with E-state index in [2.05, 4.69) is 20.6 Å². The zero-order valence-corrected chi connectivity index (χ0v) is 13.9. The first-order valence-corrected chi connectivity index (χ1v) is 7.73. The first-order valence-electron chi connectivity index (χ1n) is 7.73. The number of anilines is 4. The van der Waals surface area contributed by atoms with Gasteiger partial charge in [0.05, 0.1) is 5.56 Å². The van der Waals surface area contributed by atoms with Crippen molar-refractivity contribution in [1.82, 2.24) is 9.97 Å². The second-order valence-electron chi connectivity index (χ2n) is 5.64. The summed E-state index contributed by atoms with van der Waals surface area (Å²) in [5.74, 6) is -1.59. The molecule has 2 N–H and O–H groups in total. The second kappa shape index (κ2) is 7.18. The van der Waals surface area contributed by atoms with E-state index in [-0.39, 0.29) is 17.5 Å². The third-order valence-electron chi connectivity index (χ3n) is 3.52. The smallest absolute Gasteiger partial charge is 0.340 e. The van der Waals surface area contributed by atoms with Gasteiger partial charge in [-0.3, -0.25) is 0 Å². The number of nitrogens with zero attached hydrogens (tertiary/aromatic N) is 2. The van der Waals surface area contributed by atoms with Crippen LogP contribution in [0, 0.1) is 18.6 Å². The van der Waals surface area contributed by atoms with E-state index in [1.54, 1.807) is 6.92 Å². The fraction of sp³-hybridized carbons (Fsp3) is 0.111. The van der Waals surface area contributed by atoms with Crippen molar-refractivity contribution in [2.75, 3.05) is 10.6 Å². The lowest BCUT2D eigenvalue weighted by atomic mass is 10.2. The molecule has 27 heavy (non-hydrogen) atoms. The molecule has 0 atom stereocenters. The van der Waals surface area contributed by atoms with Crippen LogP contribution in [0.2, 0.25) is 0 Å². The fourth-order valence-electron chi connectivity index (χ4n) is 2.34. The number of nitrogens with one attached hydrogen (secondary N) is 2. The van der Waals surface area contributed by atoms with Crippen LogP contribution in [0.3, 0.4) is 0 Å². The zero-order valence-electron chi connectivity index (χ0n) is 13.9. The van der Waals surface area contributed by atoms with E-state index in [1.807, 2.05) is 0 Å². The lowest BCUT2D eigenvalue weighted by Crippen LogP contribution is -2.07. The van der Waals surface area contributed by atoms with Gasteiger partial charge in [-0.05, 0) is 37.3 Å². The van der Waals surface area contributed by atoms with Gasteiger partial charge < -0.3 is 10.6 Å². The molecule has 2 aromatic carbocycles. The molecule has 0 fully saturated rings.